The minimum Gasteiger partial charge on any atom is -0.486 e. The number of fused-ring (bicyclic) bond motifs is 1. The van der Waals surface area contributed by atoms with Gasteiger partial charge in [-0.2, -0.15) is 0 Å². The molecular formula is C21H27ClIN3O3. The van der Waals surface area contributed by atoms with Crippen LogP contribution in [0.15, 0.2) is 47.5 Å². The van der Waals surface area contributed by atoms with Crippen molar-refractivity contribution in [3.8, 4) is 11.5 Å². The van der Waals surface area contributed by atoms with Crippen LogP contribution in [0.2, 0.25) is 5.02 Å². The van der Waals surface area contributed by atoms with E-state index in [-0.39, 0.29) is 24.0 Å². The lowest BCUT2D eigenvalue weighted by molar-refractivity contribution is 0.168. The summed E-state index contributed by atoms with van der Waals surface area (Å²) >= 11 is 6.29. The van der Waals surface area contributed by atoms with E-state index >= 15 is 0 Å². The van der Waals surface area contributed by atoms with Gasteiger partial charge < -0.3 is 25.2 Å². The standard InChI is InChI=1S/C21H26ClN3O3.HI/c1-2-23-21(24-9-8-18(26)16-6-4-3-5-7-16)25-14-15-12-17(22)20-19(13-15)27-10-11-28-20;/h3-7,12-13,18,26H,2,8-11,14H2,1H3,(H2,23,24,25);1H. The molecule has 0 amide bonds. The highest BCUT2D eigenvalue weighted by molar-refractivity contribution is 14.0. The zero-order valence-corrected chi connectivity index (χ0v) is 19.4. The maximum atomic E-state index is 10.3. The highest BCUT2D eigenvalue weighted by Gasteiger charge is 2.16. The Hall–Kier alpha value is -1.71. The molecular weight excluding hydrogens is 505 g/mol. The lowest BCUT2D eigenvalue weighted by Gasteiger charge is -2.20. The molecule has 1 heterocycles. The highest BCUT2D eigenvalue weighted by Crippen LogP contribution is 2.38. The van der Waals surface area contributed by atoms with Gasteiger partial charge in [-0.25, -0.2) is 4.99 Å². The number of halogens is 2. The van der Waals surface area contributed by atoms with Crippen LogP contribution >= 0.6 is 35.6 Å². The second-order valence-corrected chi connectivity index (χ2v) is 6.85. The van der Waals surface area contributed by atoms with Crippen molar-refractivity contribution < 1.29 is 14.6 Å². The molecule has 29 heavy (non-hydrogen) atoms. The summed E-state index contributed by atoms with van der Waals surface area (Å²) in [4.78, 5) is 4.60. The minimum atomic E-state index is -0.506. The maximum absolute atomic E-state index is 10.3. The number of ether oxygens (including phenoxy) is 2. The van der Waals surface area contributed by atoms with E-state index < -0.39 is 6.10 Å². The van der Waals surface area contributed by atoms with Crippen LogP contribution < -0.4 is 20.1 Å². The lowest BCUT2D eigenvalue weighted by Crippen LogP contribution is -2.38. The molecule has 3 N–H and O–H groups in total. The van der Waals surface area contributed by atoms with Crippen molar-refractivity contribution in [2.45, 2.75) is 26.0 Å². The second kappa shape index (κ2) is 12.1. The first kappa shape index (κ1) is 23.6. The molecule has 2 aromatic carbocycles. The molecule has 158 valence electrons. The lowest BCUT2D eigenvalue weighted by atomic mass is 10.1. The predicted molar refractivity (Wildman–Crippen MR) is 127 cm³/mol. The molecule has 0 spiro atoms. The van der Waals surface area contributed by atoms with Crippen LogP contribution in [0.3, 0.4) is 0 Å². The van der Waals surface area contributed by atoms with Gasteiger partial charge in [0.15, 0.2) is 17.5 Å². The predicted octanol–water partition coefficient (Wildman–Crippen LogP) is 3.91. The average Bonchev–Trinajstić information content (AvgIpc) is 2.72. The van der Waals surface area contributed by atoms with Crippen LogP contribution in [0, 0.1) is 0 Å². The molecule has 0 radical (unpaired) electrons. The van der Waals surface area contributed by atoms with E-state index in [2.05, 4.69) is 15.6 Å². The highest BCUT2D eigenvalue weighted by atomic mass is 127. The van der Waals surface area contributed by atoms with Gasteiger partial charge in [0.1, 0.15) is 13.2 Å². The number of benzene rings is 2. The third kappa shape index (κ3) is 6.94. The topological polar surface area (TPSA) is 75.1 Å². The molecule has 0 saturated carbocycles. The molecule has 0 aliphatic carbocycles. The van der Waals surface area contributed by atoms with Crippen molar-refractivity contribution in [1.29, 1.82) is 0 Å². The minimum absolute atomic E-state index is 0. The van der Waals surface area contributed by atoms with Crippen LogP contribution in [0.5, 0.6) is 11.5 Å². The largest absolute Gasteiger partial charge is 0.486 e. The van der Waals surface area contributed by atoms with Crippen molar-refractivity contribution in [2.75, 3.05) is 26.3 Å². The number of aliphatic hydroxyl groups is 1. The molecule has 0 aromatic heterocycles. The first-order chi connectivity index (χ1) is 13.7. The van der Waals surface area contributed by atoms with Crippen molar-refractivity contribution in [2.24, 2.45) is 4.99 Å². The smallest absolute Gasteiger partial charge is 0.191 e. The zero-order valence-electron chi connectivity index (χ0n) is 16.4. The Morgan fingerprint density at radius 3 is 2.69 bits per heavy atom. The molecule has 0 saturated heterocycles. The van der Waals surface area contributed by atoms with Crippen LogP contribution in [0.1, 0.15) is 30.6 Å². The summed E-state index contributed by atoms with van der Waals surface area (Å²) < 4.78 is 11.2. The maximum Gasteiger partial charge on any atom is 0.191 e. The van der Waals surface area contributed by atoms with Gasteiger partial charge in [-0.15, -0.1) is 24.0 Å². The Balaban J connectivity index is 0.00000300. The Morgan fingerprint density at radius 2 is 1.93 bits per heavy atom. The number of nitrogens with one attached hydrogen (secondary N) is 2. The van der Waals surface area contributed by atoms with E-state index in [0.29, 0.717) is 55.2 Å². The summed E-state index contributed by atoms with van der Waals surface area (Å²) in [6.45, 7) is 4.83. The summed E-state index contributed by atoms with van der Waals surface area (Å²) in [6.07, 6.45) is 0.0813. The zero-order chi connectivity index (χ0) is 19.8. The number of aliphatic imine (C=N–C) groups is 1. The number of nitrogens with zero attached hydrogens (tertiary/aromatic N) is 1. The van der Waals surface area contributed by atoms with Gasteiger partial charge in [0.2, 0.25) is 0 Å². The van der Waals surface area contributed by atoms with Crippen molar-refractivity contribution in [1.82, 2.24) is 10.6 Å². The molecule has 1 atom stereocenters. The second-order valence-electron chi connectivity index (χ2n) is 6.44. The number of rotatable bonds is 7. The number of hydrogen-bond acceptors (Lipinski definition) is 4. The van der Waals surface area contributed by atoms with Crippen LogP contribution in [-0.4, -0.2) is 37.4 Å². The van der Waals surface area contributed by atoms with Crippen molar-refractivity contribution >= 4 is 41.5 Å². The quantitative estimate of drug-likeness (QED) is 0.287. The van der Waals surface area contributed by atoms with Gasteiger partial charge in [0, 0.05) is 13.1 Å². The van der Waals surface area contributed by atoms with Gasteiger partial charge in [0.25, 0.3) is 0 Å². The van der Waals surface area contributed by atoms with Crippen molar-refractivity contribution in [3.63, 3.8) is 0 Å². The molecule has 3 rings (SSSR count). The van der Waals surface area contributed by atoms with E-state index in [9.17, 15) is 5.11 Å². The molecule has 0 bridgehead atoms. The fourth-order valence-corrected chi connectivity index (χ4v) is 3.22. The van der Waals surface area contributed by atoms with Gasteiger partial charge in [0.05, 0.1) is 17.7 Å². The molecule has 0 fully saturated rings. The Labute approximate surface area is 193 Å². The summed E-state index contributed by atoms with van der Waals surface area (Å²) in [5, 5.41) is 17.3. The average molecular weight is 532 g/mol. The first-order valence-electron chi connectivity index (χ1n) is 9.50. The normalized spacial score (nSPS) is 14.0. The third-order valence-electron chi connectivity index (χ3n) is 4.32. The Bertz CT molecular complexity index is 805. The van der Waals surface area contributed by atoms with Gasteiger partial charge in [-0.05, 0) is 36.6 Å². The molecule has 8 heteroatoms. The summed E-state index contributed by atoms with van der Waals surface area (Å²) in [7, 11) is 0. The molecule has 1 aliphatic rings. The van der Waals surface area contributed by atoms with E-state index in [1.54, 1.807) is 0 Å². The van der Waals surface area contributed by atoms with E-state index in [4.69, 9.17) is 21.1 Å². The van der Waals surface area contributed by atoms with E-state index in [1.807, 2.05) is 49.4 Å². The van der Waals surface area contributed by atoms with Crippen LogP contribution in [0.25, 0.3) is 0 Å². The van der Waals surface area contributed by atoms with Crippen LogP contribution in [0.4, 0.5) is 0 Å². The summed E-state index contributed by atoms with van der Waals surface area (Å²) in [5.74, 6) is 1.95. The molecule has 6 nitrogen and oxygen atoms in total. The summed E-state index contributed by atoms with van der Waals surface area (Å²) in [5.41, 5.74) is 1.85. The summed E-state index contributed by atoms with van der Waals surface area (Å²) in [6, 6.07) is 13.4. The first-order valence-corrected chi connectivity index (χ1v) is 9.88. The van der Waals surface area contributed by atoms with Gasteiger partial charge in [-0.3, -0.25) is 0 Å². The monoisotopic (exact) mass is 531 g/mol. The van der Waals surface area contributed by atoms with Crippen molar-refractivity contribution in [3.05, 3.63) is 58.6 Å². The fraction of sp³-hybridized carbons (Fsp3) is 0.381. The van der Waals surface area contributed by atoms with E-state index in [1.165, 1.54) is 0 Å². The van der Waals surface area contributed by atoms with Crippen LogP contribution in [-0.2, 0) is 6.54 Å². The Morgan fingerprint density at radius 1 is 1.17 bits per heavy atom. The van der Waals surface area contributed by atoms with Gasteiger partial charge in [-0.1, -0.05) is 41.9 Å². The molecule has 2 aromatic rings. The SMILES string of the molecule is CCNC(=NCc1cc(Cl)c2c(c1)OCCO2)NCCC(O)c1ccccc1.I. The number of aliphatic hydroxyl groups excluding tert-OH is 1. The number of guanidine groups is 1. The Kier molecular flexibility index (Phi) is 9.83. The molecule has 1 unspecified atom stereocenters. The fourth-order valence-electron chi connectivity index (χ4n) is 2.94. The molecule has 1 aliphatic heterocycles. The van der Waals surface area contributed by atoms with E-state index in [0.717, 1.165) is 17.7 Å². The third-order valence-corrected chi connectivity index (χ3v) is 4.60. The number of hydrogen-bond donors (Lipinski definition) is 3. The van der Waals surface area contributed by atoms with Gasteiger partial charge >= 0.3 is 0 Å².